The molecule has 6 atom stereocenters. The lowest BCUT2D eigenvalue weighted by molar-refractivity contribution is -0.137. The molecule has 0 bridgehead atoms. The SMILES string of the molecule is COC(=O)N[C@H](C(=O)N1CCCC1Cc1nc2ccc([C@H]3CC[C@H](c4ccc5nc([C@@H]6CCCN6C(=O)[C@@H](NC(=O)OC)C6CCOCC6)[nH]c5c4)N3c3cc(F)c(N4CCC(c5ccccc5)CC4)c(F)c3)cc2[nH]1)C1CCOCC1. The summed E-state index contributed by atoms with van der Waals surface area (Å²) < 4.78 is 54.9. The predicted molar refractivity (Wildman–Crippen MR) is 304 cm³/mol. The smallest absolute Gasteiger partial charge is 0.407 e. The van der Waals surface area contributed by atoms with Crippen molar-refractivity contribution >= 4 is 57.4 Å². The number of piperidine rings is 1. The van der Waals surface area contributed by atoms with Crippen molar-refractivity contribution in [2.45, 2.75) is 126 Å². The van der Waals surface area contributed by atoms with Crippen LogP contribution in [0.1, 0.15) is 129 Å². The molecule has 434 valence electrons. The number of likely N-dealkylation sites (tertiary alicyclic amines) is 2. The number of rotatable bonds is 14. The zero-order chi connectivity index (χ0) is 56.4. The van der Waals surface area contributed by atoms with E-state index in [0.29, 0.717) is 121 Å². The summed E-state index contributed by atoms with van der Waals surface area (Å²) in [5.74, 6) is 0.0677. The van der Waals surface area contributed by atoms with Gasteiger partial charge in [0.15, 0.2) is 11.6 Å². The van der Waals surface area contributed by atoms with Crippen LogP contribution < -0.4 is 20.4 Å². The number of amides is 4. The Morgan fingerprint density at radius 3 is 1.76 bits per heavy atom. The van der Waals surface area contributed by atoms with E-state index in [9.17, 15) is 19.2 Å². The van der Waals surface area contributed by atoms with Gasteiger partial charge in [0, 0.05) is 70.8 Å². The molecular formula is C62H74F2N10O8. The molecule has 4 amide bonds. The van der Waals surface area contributed by atoms with Gasteiger partial charge in [0.2, 0.25) is 11.8 Å². The topological polar surface area (TPSA) is 200 Å². The fourth-order valence-electron chi connectivity index (χ4n) is 14.3. The van der Waals surface area contributed by atoms with Gasteiger partial charge in [-0.25, -0.2) is 28.3 Å². The lowest BCUT2D eigenvalue weighted by atomic mass is 9.89. The lowest BCUT2D eigenvalue weighted by Gasteiger charge is -2.36. The van der Waals surface area contributed by atoms with Gasteiger partial charge >= 0.3 is 12.2 Å². The van der Waals surface area contributed by atoms with Gasteiger partial charge in [-0.3, -0.25) is 9.59 Å². The molecule has 2 aromatic heterocycles. The first-order valence-corrected chi connectivity index (χ1v) is 29.5. The fourth-order valence-corrected chi connectivity index (χ4v) is 14.3. The van der Waals surface area contributed by atoms with Crippen molar-refractivity contribution in [3.05, 3.63) is 119 Å². The van der Waals surface area contributed by atoms with E-state index in [4.69, 9.17) is 28.9 Å². The van der Waals surface area contributed by atoms with Crippen LogP contribution in [0.15, 0.2) is 78.9 Å². The van der Waals surface area contributed by atoms with Gasteiger partial charge in [-0.2, -0.15) is 0 Å². The molecule has 6 aromatic rings. The van der Waals surface area contributed by atoms with Gasteiger partial charge < -0.3 is 59.1 Å². The van der Waals surface area contributed by atoms with Gasteiger partial charge in [-0.15, -0.1) is 0 Å². The molecule has 6 aliphatic heterocycles. The Morgan fingerprint density at radius 1 is 0.610 bits per heavy atom. The van der Waals surface area contributed by atoms with Gasteiger partial charge in [-0.1, -0.05) is 42.5 Å². The molecule has 0 saturated carbocycles. The molecule has 1 unspecified atom stereocenters. The van der Waals surface area contributed by atoms with Crippen LogP contribution in [0.4, 0.5) is 29.7 Å². The van der Waals surface area contributed by atoms with Gasteiger partial charge in [0.25, 0.3) is 0 Å². The second kappa shape index (κ2) is 24.3. The Hall–Kier alpha value is -7.32. The third kappa shape index (κ3) is 11.3. The maximum Gasteiger partial charge on any atom is 0.407 e. The zero-order valence-electron chi connectivity index (χ0n) is 46.8. The summed E-state index contributed by atoms with van der Waals surface area (Å²) in [6, 6.07) is 23.0. The average Bonchev–Trinajstić information content (AvgIpc) is 4.58. The Labute approximate surface area is 475 Å². The number of benzene rings is 4. The molecule has 8 heterocycles. The third-order valence-electron chi connectivity index (χ3n) is 18.5. The van der Waals surface area contributed by atoms with Crippen LogP contribution in [0.5, 0.6) is 0 Å². The van der Waals surface area contributed by atoms with Crippen molar-refractivity contribution in [2.24, 2.45) is 11.8 Å². The van der Waals surface area contributed by atoms with Gasteiger partial charge in [0.05, 0.1) is 54.4 Å². The van der Waals surface area contributed by atoms with Crippen LogP contribution in [0.25, 0.3) is 22.1 Å². The Bertz CT molecular complexity index is 3240. The molecule has 0 radical (unpaired) electrons. The molecule has 20 heteroatoms. The van der Waals surface area contributed by atoms with E-state index >= 15 is 8.78 Å². The minimum Gasteiger partial charge on any atom is -0.453 e. The minimum absolute atomic E-state index is 0.00123. The van der Waals surface area contributed by atoms with Crippen LogP contribution in [0.2, 0.25) is 0 Å². The van der Waals surface area contributed by atoms with Crippen LogP contribution in [-0.4, -0.2) is 139 Å². The summed E-state index contributed by atoms with van der Waals surface area (Å²) in [6.45, 7) is 4.25. The number of anilines is 2. The number of alkyl carbamates (subject to hydrolysis) is 2. The van der Waals surface area contributed by atoms with E-state index in [2.05, 4.69) is 55.8 Å². The van der Waals surface area contributed by atoms with E-state index in [0.717, 1.165) is 71.1 Å². The molecule has 4 N–H and O–H groups in total. The first-order chi connectivity index (χ1) is 40.0. The number of fused-ring (bicyclic) bond motifs is 2. The highest BCUT2D eigenvalue weighted by Gasteiger charge is 2.43. The van der Waals surface area contributed by atoms with Crippen LogP contribution in [0.3, 0.4) is 0 Å². The van der Waals surface area contributed by atoms with Crippen molar-refractivity contribution in [1.29, 1.82) is 0 Å². The number of hydrogen-bond donors (Lipinski definition) is 4. The highest BCUT2D eigenvalue weighted by molar-refractivity contribution is 5.88. The number of imidazole rings is 2. The molecule has 6 fully saturated rings. The van der Waals surface area contributed by atoms with Gasteiger partial charge in [0.1, 0.15) is 29.4 Å². The maximum atomic E-state index is 16.9. The molecule has 4 aromatic carbocycles. The highest BCUT2D eigenvalue weighted by Crippen LogP contribution is 2.49. The number of carbonyl (C=O) groups is 4. The number of H-pyrrole nitrogens is 2. The van der Waals surface area contributed by atoms with Crippen molar-refractivity contribution < 1.29 is 46.9 Å². The van der Waals surface area contributed by atoms with Gasteiger partial charge in [-0.05, 0) is 148 Å². The van der Waals surface area contributed by atoms with Crippen molar-refractivity contribution in [2.75, 3.05) is 76.6 Å². The molecule has 6 aliphatic rings. The monoisotopic (exact) mass is 1120 g/mol. The summed E-state index contributed by atoms with van der Waals surface area (Å²) in [5.41, 5.74) is 6.68. The molecule has 82 heavy (non-hydrogen) atoms. The summed E-state index contributed by atoms with van der Waals surface area (Å²) in [4.78, 5) is 78.7. The van der Waals surface area contributed by atoms with E-state index in [-0.39, 0.29) is 53.5 Å². The number of hydrogen-bond acceptors (Lipinski definition) is 12. The van der Waals surface area contributed by atoms with E-state index in [1.807, 2.05) is 51.1 Å². The fraction of sp³-hybridized carbons (Fsp3) is 0.516. The van der Waals surface area contributed by atoms with E-state index in [1.54, 1.807) is 0 Å². The molecule has 18 nitrogen and oxygen atoms in total. The van der Waals surface area contributed by atoms with Crippen molar-refractivity contribution in [3.8, 4) is 0 Å². The summed E-state index contributed by atoms with van der Waals surface area (Å²) in [5, 5.41) is 5.68. The Kier molecular flexibility index (Phi) is 16.3. The summed E-state index contributed by atoms with van der Waals surface area (Å²) in [7, 11) is 2.60. The molecular weight excluding hydrogens is 1050 g/mol. The number of carbonyl (C=O) groups excluding carboxylic acids is 4. The second-order valence-electron chi connectivity index (χ2n) is 23.2. The highest BCUT2D eigenvalue weighted by atomic mass is 19.1. The average molecular weight is 1130 g/mol. The van der Waals surface area contributed by atoms with Crippen LogP contribution >= 0.6 is 0 Å². The van der Waals surface area contributed by atoms with Crippen LogP contribution in [-0.2, 0) is 35.0 Å². The molecule has 0 spiro atoms. The molecule has 0 aliphatic carbocycles. The summed E-state index contributed by atoms with van der Waals surface area (Å²) >= 11 is 0. The quantitative estimate of drug-likeness (QED) is 0.0807. The number of halogens is 2. The Balaban J connectivity index is 0.829. The third-order valence-corrected chi connectivity index (χ3v) is 18.5. The number of nitrogens with one attached hydrogen (secondary N) is 4. The van der Waals surface area contributed by atoms with E-state index < -0.39 is 35.9 Å². The number of methoxy groups -OCH3 is 2. The minimum atomic E-state index is -0.763. The van der Waals surface area contributed by atoms with Crippen molar-refractivity contribution in [3.63, 3.8) is 0 Å². The largest absolute Gasteiger partial charge is 0.453 e. The molecule has 6 saturated heterocycles. The first kappa shape index (κ1) is 55.2. The first-order valence-electron chi connectivity index (χ1n) is 29.5. The summed E-state index contributed by atoms with van der Waals surface area (Å²) in [6.07, 6.45) is 7.86. The lowest BCUT2D eigenvalue weighted by Crippen LogP contribution is -2.54. The maximum absolute atomic E-state index is 16.9. The standard InChI is InChI=1S/C62H74F2N10O8/c1-79-61(77)69-55(39-20-28-81-29-21-39)59(75)72-24-6-10-43(72)36-54-65-47-14-12-41(32-49(47)66-54)51-16-17-52(74(51)44-34-45(63)57(46(64)35-44)71-26-18-38(19-27-71)37-8-4-3-5-9-37)42-13-15-48-50(33-42)68-58(67-48)53-11-7-25-73(53)60(76)56(70-62(78)80-2)40-22-30-82-31-23-40/h3-5,8-9,12-15,32-35,38-40,43,51-53,55-56H,6-7,10-11,16-31,36H2,1-2H3,(H,65,66)(H,67,68)(H,69,77)(H,70,78)/t43?,51-,52-,53+,55+,56+/m1/s1. The number of aromatic nitrogens is 4. The van der Waals surface area contributed by atoms with Crippen molar-refractivity contribution in [1.82, 2.24) is 40.4 Å². The zero-order valence-corrected chi connectivity index (χ0v) is 46.8. The Morgan fingerprint density at radius 2 is 1.16 bits per heavy atom. The number of aromatic amines is 2. The number of ether oxygens (including phenoxy) is 4. The predicted octanol–water partition coefficient (Wildman–Crippen LogP) is 9.68. The molecule has 12 rings (SSSR count). The van der Waals surface area contributed by atoms with Crippen LogP contribution in [0, 0.1) is 23.5 Å². The van der Waals surface area contributed by atoms with E-state index in [1.165, 1.54) is 31.9 Å². The second-order valence-corrected chi connectivity index (χ2v) is 23.2. The normalized spacial score (nSPS) is 22.9. The number of nitrogens with zero attached hydrogens (tertiary/aromatic N) is 6.